The van der Waals surface area contributed by atoms with Crippen LogP contribution in [0.1, 0.15) is 35.2 Å². The molecule has 0 saturated carbocycles. The highest BCUT2D eigenvalue weighted by atomic mass is 35.5. The van der Waals surface area contributed by atoms with Gasteiger partial charge in [0.2, 0.25) is 0 Å². The summed E-state index contributed by atoms with van der Waals surface area (Å²) in [5.74, 6) is 2.17. The minimum Gasteiger partial charge on any atom is -0.221 e. The van der Waals surface area contributed by atoms with Gasteiger partial charge in [0.25, 0.3) is 0 Å². The Morgan fingerprint density at radius 3 is 2.58 bits per heavy atom. The van der Waals surface area contributed by atoms with Gasteiger partial charge in [-0.25, -0.2) is 4.68 Å². The summed E-state index contributed by atoms with van der Waals surface area (Å²) < 4.78 is 1.88. The summed E-state index contributed by atoms with van der Waals surface area (Å²) >= 11 is 13.1. The fourth-order valence-corrected chi connectivity index (χ4v) is 4.17. The number of fused-ring (bicyclic) bond motifs is 1. The third-order valence-electron chi connectivity index (χ3n) is 4.30. The molecule has 2 nitrogen and oxygen atoms in total. The number of hydrogen-bond acceptors (Lipinski definition) is 1. The monoisotopic (exact) mass is 380 g/mol. The Hall–Kier alpha value is -0.950. The SMILES string of the molecule is C=P(C)(C)C=Cc1cc(-n2nc3c(c2Cl)CCCC3)c(C)cc1Cl. The average molecular weight is 381 g/mol. The number of halogens is 2. The first kappa shape index (κ1) is 17.9. The number of aromatic nitrogens is 2. The van der Waals surface area contributed by atoms with Crippen molar-refractivity contribution in [2.24, 2.45) is 0 Å². The van der Waals surface area contributed by atoms with Crippen molar-refractivity contribution in [3.8, 4) is 5.69 Å². The Morgan fingerprint density at radius 2 is 1.92 bits per heavy atom. The van der Waals surface area contributed by atoms with E-state index >= 15 is 0 Å². The number of aryl methyl sites for hydroxylation is 2. The first-order chi connectivity index (χ1) is 11.3. The van der Waals surface area contributed by atoms with Crippen LogP contribution in [0.4, 0.5) is 0 Å². The third-order valence-corrected chi connectivity index (χ3v) is 5.97. The maximum atomic E-state index is 6.64. The second-order valence-electron chi connectivity index (χ2n) is 7.09. The van der Waals surface area contributed by atoms with Crippen molar-refractivity contribution in [2.75, 3.05) is 13.3 Å². The maximum absolute atomic E-state index is 6.64. The molecular formula is C19H23Cl2N2P. The lowest BCUT2D eigenvalue weighted by Gasteiger charge is -2.11. The van der Waals surface area contributed by atoms with Gasteiger partial charge < -0.3 is 0 Å². The predicted molar refractivity (Wildman–Crippen MR) is 110 cm³/mol. The van der Waals surface area contributed by atoms with E-state index in [1.54, 1.807) is 0 Å². The van der Waals surface area contributed by atoms with Crippen LogP contribution in [0.15, 0.2) is 17.9 Å². The predicted octanol–water partition coefficient (Wildman–Crippen LogP) is 6.05. The summed E-state index contributed by atoms with van der Waals surface area (Å²) in [6.45, 7) is 5.14. The Bertz CT molecular complexity index is 859. The van der Waals surface area contributed by atoms with Gasteiger partial charge in [-0.3, -0.25) is 0 Å². The van der Waals surface area contributed by atoms with Gasteiger partial charge in [0.15, 0.2) is 0 Å². The molecule has 0 N–H and O–H groups in total. The van der Waals surface area contributed by atoms with Crippen LogP contribution in [0.5, 0.6) is 0 Å². The Balaban J connectivity index is 2.10. The van der Waals surface area contributed by atoms with Crippen LogP contribution in [0, 0.1) is 6.92 Å². The minimum absolute atomic E-state index is 0.744. The summed E-state index contributed by atoms with van der Waals surface area (Å²) in [6.07, 6.45) is 10.7. The van der Waals surface area contributed by atoms with E-state index in [4.69, 9.17) is 28.3 Å². The van der Waals surface area contributed by atoms with Crippen molar-refractivity contribution in [1.29, 1.82) is 0 Å². The van der Waals surface area contributed by atoms with Crippen molar-refractivity contribution in [3.63, 3.8) is 0 Å². The molecule has 1 aromatic heterocycles. The van der Waals surface area contributed by atoms with Crippen LogP contribution in [0.3, 0.4) is 0 Å². The Labute approximate surface area is 154 Å². The molecule has 0 amide bonds. The zero-order valence-corrected chi connectivity index (χ0v) is 16.8. The molecule has 0 aliphatic heterocycles. The Kier molecular flexibility index (Phi) is 5.02. The number of nitrogens with zero attached hydrogens (tertiary/aromatic N) is 2. The molecule has 0 unspecified atom stereocenters. The number of benzene rings is 1. The molecule has 1 aliphatic rings. The van der Waals surface area contributed by atoms with Gasteiger partial charge in [0.05, 0.1) is 11.4 Å². The van der Waals surface area contributed by atoms with Crippen molar-refractivity contribution in [2.45, 2.75) is 32.6 Å². The van der Waals surface area contributed by atoms with Crippen LogP contribution < -0.4 is 0 Å². The van der Waals surface area contributed by atoms with Crippen molar-refractivity contribution in [1.82, 2.24) is 9.78 Å². The van der Waals surface area contributed by atoms with Crippen molar-refractivity contribution in [3.05, 3.63) is 50.5 Å². The largest absolute Gasteiger partial charge is 0.221 e. The van der Waals surface area contributed by atoms with E-state index in [0.717, 1.165) is 45.5 Å². The first-order valence-corrected chi connectivity index (χ1v) is 11.9. The van der Waals surface area contributed by atoms with Gasteiger partial charge in [-0.15, -0.1) is 0 Å². The molecule has 0 radical (unpaired) electrons. The molecule has 0 saturated heterocycles. The van der Waals surface area contributed by atoms with Gasteiger partial charge in [0.1, 0.15) is 5.15 Å². The topological polar surface area (TPSA) is 17.8 Å². The minimum atomic E-state index is -1.25. The molecule has 5 heteroatoms. The zero-order valence-electron chi connectivity index (χ0n) is 14.4. The Morgan fingerprint density at radius 1 is 1.21 bits per heavy atom. The normalized spacial score (nSPS) is 15.0. The van der Waals surface area contributed by atoms with E-state index in [1.165, 1.54) is 18.4 Å². The second-order valence-corrected chi connectivity index (χ2v) is 11.7. The lowest BCUT2D eigenvalue weighted by atomic mass is 9.98. The van der Waals surface area contributed by atoms with Crippen molar-refractivity contribution >= 4 is 42.5 Å². The van der Waals surface area contributed by atoms with E-state index in [9.17, 15) is 0 Å². The standard InChI is InChI=1S/C19H23Cl2N2P/c1-13-11-16(20)14(9-10-24(2,3)4)12-18(13)23-19(21)15-7-5-6-8-17(15)22-23/h9-12H,2,5-8H2,1,3-4H3. The smallest absolute Gasteiger partial charge is 0.136 e. The highest BCUT2D eigenvalue weighted by Crippen LogP contribution is 2.39. The molecule has 0 spiro atoms. The highest BCUT2D eigenvalue weighted by molar-refractivity contribution is 7.75. The fraction of sp³-hybridized carbons (Fsp3) is 0.368. The lowest BCUT2D eigenvalue weighted by Crippen LogP contribution is -2.01. The molecular weight excluding hydrogens is 358 g/mol. The highest BCUT2D eigenvalue weighted by Gasteiger charge is 2.21. The van der Waals surface area contributed by atoms with Crippen LogP contribution in [0.2, 0.25) is 10.2 Å². The zero-order chi connectivity index (χ0) is 17.5. The molecule has 1 aromatic carbocycles. The fourth-order valence-electron chi connectivity index (χ4n) is 2.99. The molecule has 1 heterocycles. The molecule has 128 valence electrons. The molecule has 2 aromatic rings. The van der Waals surface area contributed by atoms with Crippen molar-refractivity contribution < 1.29 is 0 Å². The summed E-state index contributed by atoms with van der Waals surface area (Å²) in [5, 5.41) is 6.26. The van der Waals surface area contributed by atoms with Crippen LogP contribution in [-0.4, -0.2) is 29.4 Å². The third kappa shape index (κ3) is 3.67. The lowest BCUT2D eigenvalue weighted by molar-refractivity contribution is 0.671. The molecule has 3 rings (SSSR count). The summed E-state index contributed by atoms with van der Waals surface area (Å²) in [4.78, 5) is 0. The quantitative estimate of drug-likeness (QED) is 0.592. The average Bonchev–Trinajstić information content (AvgIpc) is 2.83. The number of hydrogen-bond donors (Lipinski definition) is 0. The van der Waals surface area contributed by atoms with E-state index in [2.05, 4.69) is 37.6 Å². The first-order valence-electron chi connectivity index (χ1n) is 8.20. The molecule has 24 heavy (non-hydrogen) atoms. The van der Waals surface area contributed by atoms with E-state index in [0.29, 0.717) is 0 Å². The van der Waals surface area contributed by atoms with Crippen LogP contribution >= 0.6 is 30.1 Å². The summed E-state index contributed by atoms with van der Waals surface area (Å²) in [7, 11) is 0. The molecule has 0 atom stereocenters. The van der Waals surface area contributed by atoms with Gasteiger partial charge in [-0.1, -0.05) is 48.3 Å². The second kappa shape index (κ2) is 6.75. The molecule has 0 fully saturated rings. The van der Waals surface area contributed by atoms with Crippen LogP contribution in [-0.2, 0) is 12.8 Å². The summed E-state index contributed by atoms with van der Waals surface area (Å²) in [5.41, 5.74) is 5.40. The summed E-state index contributed by atoms with van der Waals surface area (Å²) in [6, 6.07) is 4.07. The van der Waals surface area contributed by atoms with Gasteiger partial charge in [0, 0.05) is 10.6 Å². The van der Waals surface area contributed by atoms with Gasteiger partial charge in [-0.05, 0) is 69.2 Å². The number of rotatable bonds is 3. The van der Waals surface area contributed by atoms with Crippen LogP contribution in [0.25, 0.3) is 11.8 Å². The van der Waals surface area contributed by atoms with E-state index < -0.39 is 6.89 Å². The van der Waals surface area contributed by atoms with E-state index in [1.807, 2.05) is 17.7 Å². The maximum Gasteiger partial charge on any atom is 0.136 e. The van der Waals surface area contributed by atoms with E-state index in [-0.39, 0.29) is 0 Å². The van der Waals surface area contributed by atoms with Gasteiger partial charge >= 0.3 is 0 Å². The molecule has 1 aliphatic carbocycles. The van der Waals surface area contributed by atoms with Gasteiger partial charge in [-0.2, -0.15) is 5.10 Å². The molecule has 0 bridgehead atoms.